The topological polar surface area (TPSA) is 49.4 Å². The molecular formula is C24H24N2O2S2. The first-order valence-corrected chi connectivity index (χ1v) is 12.0. The predicted octanol–water partition coefficient (Wildman–Crippen LogP) is 4.88. The lowest BCUT2D eigenvalue weighted by molar-refractivity contribution is -0.125. The van der Waals surface area contributed by atoms with Crippen molar-refractivity contribution in [2.75, 3.05) is 5.75 Å². The third-order valence-electron chi connectivity index (χ3n) is 5.24. The Balaban J connectivity index is 1.49. The van der Waals surface area contributed by atoms with Crippen LogP contribution in [-0.4, -0.2) is 28.5 Å². The van der Waals surface area contributed by atoms with Gasteiger partial charge in [0.1, 0.15) is 6.04 Å². The molecule has 0 bridgehead atoms. The van der Waals surface area contributed by atoms with Crippen molar-refractivity contribution < 1.29 is 9.59 Å². The molecule has 2 aromatic carbocycles. The van der Waals surface area contributed by atoms with Gasteiger partial charge in [-0.15, -0.1) is 11.3 Å². The highest BCUT2D eigenvalue weighted by Gasteiger charge is 2.36. The fraction of sp³-hybridized carbons (Fsp3) is 0.250. The van der Waals surface area contributed by atoms with E-state index < -0.39 is 6.04 Å². The number of nitrogens with one attached hydrogen (secondary N) is 1. The molecule has 0 fully saturated rings. The van der Waals surface area contributed by atoms with Gasteiger partial charge in [-0.1, -0.05) is 54.6 Å². The number of carbonyl (C=O) groups is 2. The Labute approximate surface area is 185 Å². The zero-order valence-electron chi connectivity index (χ0n) is 16.8. The monoisotopic (exact) mass is 436 g/mol. The zero-order chi connectivity index (χ0) is 20.9. The van der Waals surface area contributed by atoms with Crippen molar-refractivity contribution in [1.82, 2.24) is 10.2 Å². The molecule has 6 heteroatoms. The molecule has 30 heavy (non-hydrogen) atoms. The summed E-state index contributed by atoms with van der Waals surface area (Å²) in [6.07, 6.45) is 0. The van der Waals surface area contributed by atoms with Crippen LogP contribution in [0, 0.1) is 0 Å². The summed E-state index contributed by atoms with van der Waals surface area (Å²) in [6.45, 7) is 2.46. The summed E-state index contributed by atoms with van der Waals surface area (Å²) in [5.74, 6) is 1.20. The fourth-order valence-electron chi connectivity index (χ4n) is 3.62. The number of benzene rings is 2. The summed E-state index contributed by atoms with van der Waals surface area (Å²) in [4.78, 5) is 29.1. The largest absolute Gasteiger partial charge is 0.347 e. The van der Waals surface area contributed by atoms with E-state index in [-0.39, 0.29) is 17.9 Å². The molecule has 4 rings (SSSR count). The second-order valence-electron chi connectivity index (χ2n) is 7.35. The lowest BCUT2D eigenvalue weighted by atomic mass is 10.1. The van der Waals surface area contributed by atoms with Crippen molar-refractivity contribution in [3.05, 3.63) is 93.7 Å². The number of nitrogens with zero attached hydrogens (tertiary/aromatic N) is 1. The van der Waals surface area contributed by atoms with Crippen LogP contribution in [0.5, 0.6) is 0 Å². The van der Waals surface area contributed by atoms with E-state index in [4.69, 9.17) is 0 Å². The lowest BCUT2D eigenvalue weighted by Crippen LogP contribution is -2.49. The molecule has 1 aromatic heterocycles. The molecule has 0 saturated carbocycles. The van der Waals surface area contributed by atoms with E-state index in [1.807, 2.05) is 66.9 Å². The SMILES string of the molecule is C[C@H](NC(=O)[C@H](CSCc1ccccc1)N1Cc2ccccc2C1=O)c1cccs1. The molecule has 1 aliphatic rings. The number of thiophene rings is 1. The Kier molecular flexibility index (Phi) is 6.55. The molecular weight excluding hydrogens is 412 g/mol. The maximum atomic E-state index is 13.3. The number of hydrogen-bond donors (Lipinski definition) is 1. The molecule has 1 N–H and O–H groups in total. The maximum Gasteiger partial charge on any atom is 0.255 e. The highest BCUT2D eigenvalue weighted by molar-refractivity contribution is 7.98. The Hall–Kier alpha value is -2.57. The summed E-state index contributed by atoms with van der Waals surface area (Å²) < 4.78 is 0. The first-order chi connectivity index (χ1) is 14.6. The first-order valence-electron chi connectivity index (χ1n) is 9.98. The van der Waals surface area contributed by atoms with Crippen LogP contribution < -0.4 is 5.32 Å². The fourth-order valence-corrected chi connectivity index (χ4v) is 5.45. The van der Waals surface area contributed by atoms with Gasteiger partial charge in [0.2, 0.25) is 5.91 Å². The number of amides is 2. The van der Waals surface area contributed by atoms with E-state index in [0.29, 0.717) is 17.9 Å². The standard InChI is InChI=1S/C24H24N2O2S2/c1-17(22-12-7-13-30-22)25-23(27)21(16-29-15-18-8-3-2-4-9-18)26-14-19-10-5-6-11-20(19)24(26)28/h2-13,17,21H,14-16H2,1H3,(H,25,27)/t17-,21-/m0/s1. The molecule has 3 aromatic rings. The minimum atomic E-state index is -0.513. The van der Waals surface area contributed by atoms with Crippen LogP contribution in [0.4, 0.5) is 0 Å². The van der Waals surface area contributed by atoms with Gasteiger partial charge in [-0.3, -0.25) is 9.59 Å². The third kappa shape index (κ3) is 4.60. The molecule has 2 atom stereocenters. The van der Waals surface area contributed by atoms with Gasteiger partial charge in [-0.25, -0.2) is 0 Å². The molecule has 0 aliphatic carbocycles. The number of fused-ring (bicyclic) bond motifs is 1. The van der Waals surface area contributed by atoms with Crippen LogP contribution in [0.15, 0.2) is 72.1 Å². The van der Waals surface area contributed by atoms with Crippen molar-refractivity contribution in [3.63, 3.8) is 0 Å². The van der Waals surface area contributed by atoms with Gasteiger partial charge in [-0.05, 0) is 35.6 Å². The molecule has 0 unspecified atom stereocenters. The number of hydrogen-bond acceptors (Lipinski definition) is 4. The lowest BCUT2D eigenvalue weighted by Gasteiger charge is -2.28. The average molecular weight is 437 g/mol. The molecule has 2 amide bonds. The van der Waals surface area contributed by atoms with Crippen molar-refractivity contribution in [2.24, 2.45) is 0 Å². The van der Waals surface area contributed by atoms with E-state index in [2.05, 4.69) is 17.4 Å². The van der Waals surface area contributed by atoms with Crippen LogP contribution in [0.3, 0.4) is 0 Å². The number of thioether (sulfide) groups is 1. The second-order valence-corrected chi connectivity index (χ2v) is 9.36. The van der Waals surface area contributed by atoms with Gasteiger partial charge in [0, 0.05) is 28.5 Å². The summed E-state index contributed by atoms with van der Waals surface area (Å²) in [6, 6.07) is 21.2. The summed E-state index contributed by atoms with van der Waals surface area (Å²) in [5, 5.41) is 5.13. The summed E-state index contributed by atoms with van der Waals surface area (Å²) >= 11 is 3.30. The van der Waals surface area contributed by atoms with E-state index in [9.17, 15) is 9.59 Å². The molecule has 1 aliphatic heterocycles. The van der Waals surface area contributed by atoms with Crippen LogP contribution in [-0.2, 0) is 17.1 Å². The Morgan fingerprint density at radius 3 is 2.60 bits per heavy atom. The van der Waals surface area contributed by atoms with E-state index in [1.54, 1.807) is 28.0 Å². The van der Waals surface area contributed by atoms with Crippen LogP contribution >= 0.6 is 23.1 Å². The third-order valence-corrected chi connectivity index (χ3v) is 7.39. The minimum Gasteiger partial charge on any atom is -0.347 e. The Morgan fingerprint density at radius 1 is 1.10 bits per heavy atom. The Morgan fingerprint density at radius 2 is 1.87 bits per heavy atom. The second kappa shape index (κ2) is 9.49. The predicted molar refractivity (Wildman–Crippen MR) is 124 cm³/mol. The minimum absolute atomic E-state index is 0.0603. The van der Waals surface area contributed by atoms with E-state index >= 15 is 0 Å². The van der Waals surface area contributed by atoms with Crippen LogP contribution in [0.25, 0.3) is 0 Å². The molecule has 0 saturated heterocycles. The summed E-state index contributed by atoms with van der Waals surface area (Å²) in [7, 11) is 0. The molecule has 154 valence electrons. The van der Waals surface area contributed by atoms with Crippen molar-refractivity contribution in [3.8, 4) is 0 Å². The first kappa shape index (κ1) is 20.7. The van der Waals surface area contributed by atoms with E-state index in [0.717, 1.165) is 16.2 Å². The highest BCUT2D eigenvalue weighted by atomic mass is 32.2. The number of rotatable bonds is 8. The van der Waals surface area contributed by atoms with Gasteiger partial charge in [0.25, 0.3) is 5.91 Å². The van der Waals surface area contributed by atoms with Gasteiger partial charge >= 0.3 is 0 Å². The normalized spacial score (nSPS) is 15.0. The quantitative estimate of drug-likeness (QED) is 0.547. The summed E-state index contributed by atoms with van der Waals surface area (Å²) in [5.41, 5.74) is 2.90. The van der Waals surface area contributed by atoms with Gasteiger partial charge in [0.05, 0.1) is 6.04 Å². The van der Waals surface area contributed by atoms with Crippen molar-refractivity contribution >= 4 is 34.9 Å². The van der Waals surface area contributed by atoms with Crippen molar-refractivity contribution in [1.29, 1.82) is 0 Å². The van der Waals surface area contributed by atoms with Gasteiger partial charge in [-0.2, -0.15) is 11.8 Å². The molecule has 0 radical (unpaired) electrons. The van der Waals surface area contributed by atoms with Gasteiger partial charge in [0.15, 0.2) is 0 Å². The Bertz CT molecular complexity index is 1010. The maximum absolute atomic E-state index is 13.3. The van der Waals surface area contributed by atoms with Crippen molar-refractivity contribution in [2.45, 2.75) is 31.3 Å². The zero-order valence-corrected chi connectivity index (χ0v) is 18.4. The highest BCUT2D eigenvalue weighted by Crippen LogP contribution is 2.27. The van der Waals surface area contributed by atoms with Crippen LogP contribution in [0.1, 0.15) is 39.3 Å². The smallest absolute Gasteiger partial charge is 0.255 e. The van der Waals surface area contributed by atoms with Crippen LogP contribution in [0.2, 0.25) is 0 Å². The molecule has 4 nitrogen and oxygen atoms in total. The molecule has 0 spiro atoms. The number of carbonyl (C=O) groups excluding carboxylic acids is 2. The van der Waals surface area contributed by atoms with E-state index in [1.165, 1.54) is 5.56 Å². The molecule has 2 heterocycles. The average Bonchev–Trinajstić information content (AvgIpc) is 3.41. The van der Waals surface area contributed by atoms with Gasteiger partial charge < -0.3 is 10.2 Å².